The number of carbonyl (C=O) groups excluding carboxylic acids is 1. The summed E-state index contributed by atoms with van der Waals surface area (Å²) >= 11 is 0. The molecule has 0 saturated carbocycles. The van der Waals surface area contributed by atoms with E-state index in [0.717, 1.165) is 12.1 Å². The Labute approximate surface area is 157 Å². The molecule has 28 heavy (non-hydrogen) atoms. The minimum absolute atomic E-state index is 0.0857. The van der Waals surface area contributed by atoms with Crippen LogP contribution in [0, 0.1) is 15.9 Å². The van der Waals surface area contributed by atoms with E-state index in [1.54, 1.807) is 6.92 Å². The van der Waals surface area contributed by atoms with Gasteiger partial charge in [-0.2, -0.15) is 13.2 Å². The van der Waals surface area contributed by atoms with Gasteiger partial charge in [0.15, 0.2) is 0 Å². The average Bonchev–Trinajstić information content (AvgIpc) is 2.64. The van der Waals surface area contributed by atoms with Crippen LogP contribution in [0.1, 0.15) is 18.1 Å². The molecule has 0 radical (unpaired) electrons. The van der Waals surface area contributed by atoms with Crippen LogP contribution in [-0.2, 0) is 17.5 Å². The maximum atomic E-state index is 12.9. The predicted octanol–water partition coefficient (Wildman–Crippen LogP) is 3.90. The van der Waals surface area contributed by atoms with Gasteiger partial charge in [-0.15, -0.1) is 0 Å². The number of alkyl halides is 3. The van der Waals surface area contributed by atoms with Gasteiger partial charge in [0.1, 0.15) is 11.5 Å². The topological polar surface area (TPSA) is 75.5 Å². The van der Waals surface area contributed by atoms with Gasteiger partial charge in [0.25, 0.3) is 5.69 Å². The number of nitrogens with zero attached hydrogens (tertiary/aromatic N) is 2. The third kappa shape index (κ3) is 5.41. The Morgan fingerprint density at radius 2 is 1.82 bits per heavy atom. The van der Waals surface area contributed by atoms with Gasteiger partial charge in [0.2, 0.25) is 5.91 Å². The molecule has 0 aliphatic heterocycles. The summed E-state index contributed by atoms with van der Waals surface area (Å²) < 4.78 is 51.3. The van der Waals surface area contributed by atoms with E-state index >= 15 is 0 Å². The van der Waals surface area contributed by atoms with Crippen molar-refractivity contribution in [3.8, 4) is 0 Å². The van der Waals surface area contributed by atoms with Gasteiger partial charge in [0.05, 0.1) is 17.0 Å². The number of rotatable bonds is 7. The fourth-order valence-electron chi connectivity index (χ4n) is 2.51. The van der Waals surface area contributed by atoms with Crippen molar-refractivity contribution in [2.75, 3.05) is 18.0 Å². The van der Waals surface area contributed by atoms with Crippen LogP contribution in [0.25, 0.3) is 0 Å². The Morgan fingerprint density at radius 3 is 2.36 bits per heavy atom. The molecular formula is C18H17F4N3O3. The van der Waals surface area contributed by atoms with Gasteiger partial charge in [-0.25, -0.2) is 4.39 Å². The summed E-state index contributed by atoms with van der Waals surface area (Å²) in [5, 5.41) is 13.8. The number of carbonyl (C=O) groups is 1. The first kappa shape index (κ1) is 21.1. The molecular weight excluding hydrogens is 382 g/mol. The van der Waals surface area contributed by atoms with Crippen LogP contribution in [-0.4, -0.2) is 23.9 Å². The number of hydrogen-bond acceptors (Lipinski definition) is 4. The normalized spacial score (nSPS) is 11.2. The zero-order chi connectivity index (χ0) is 20.9. The molecule has 2 aromatic carbocycles. The lowest BCUT2D eigenvalue weighted by atomic mass is 10.1. The molecule has 2 rings (SSSR count). The SMILES string of the molecule is CCN(CC(=O)NCc1ccc(F)cc1)c1ccc(C(F)(F)F)cc1[N+](=O)[O-]. The van der Waals surface area contributed by atoms with E-state index in [2.05, 4.69) is 5.32 Å². The van der Waals surface area contributed by atoms with Crippen molar-refractivity contribution < 1.29 is 27.3 Å². The standard InChI is InChI=1S/C18H17F4N3O3/c1-2-24(11-17(26)23-10-12-3-6-14(19)7-4-12)15-8-5-13(18(20,21)22)9-16(15)25(27)28/h3-9H,2,10-11H2,1H3,(H,23,26). The Kier molecular flexibility index (Phi) is 6.55. The highest BCUT2D eigenvalue weighted by molar-refractivity contribution is 5.82. The Balaban J connectivity index is 2.14. The van der Waals surface area contributed by atoms with Gasteiger partial charge >= 0.3 is 6.18 Å². The van der Waals surface area contributed by atoms with Crippen LogP contribution >= 0.6 is 0 Å². The first-order chi connectivity index (χ1) is 13.1. The summed E-state index contributed by atoms with van der Waals surface area (Å²) in [7, 11) is 0. The summed E-state index contributed by atoms with van der Waals surface area (Å²) in [5.74, 6) is -0.901. The van der Waals surface area contributed by atoms with E-state index in [1.165, 1.54) is 29.2 Å². The molecule has 1 N–H and O–H groups in total. The average molecular weight is 399 g/mol. The Morgan fingerprint density at radius 1 is 1.18 bits per heavy atom. The minimum Gasteiger partial charge on any atom is -0.357 e. The molecule has 0 aliphatic carbocycles. The van der Waals surface area contributed by atoms with Gasteiger partial charge in [0, 0.05) is 19.2 Å². The molecule has 0 aliphatic rings. The van der Waals surface area contributed by atoms with Crippen LogP contribution < -0.4 is 10.2 Å². The lowest BCUT2D eigenvalue weighted by Gasteiger charge is -2.23. The number of anilines is 1. The number of benzene rings is 2. The number of hydrogen-bond donors (Lipinski definition) is 1. The number of amides is 1. The number of nitro groups is 1. The molecule has 1 amide bonds. The molecule has 0 unspecified atom stereocenters. The van der Waals surface area contributed by atoms with Crippen LogP contribution in [0.5, 0.6) is 0 Å². The Bertz CT molecular complexity index is 854. The Hall–Kier alpha value is -3.17. The van der Waals surface area contributed by atoms with Gasteiger partial charge in [-0.3, -0.25) is 14.9 Å². The van der Waals surface area contributed by atoms with E-state index in [-0.39, 0.29) is 25.3 Å². The second-order valence-corrected chi connectivity index (χ2v) is 5.88. The highest BCUT2D eigenvalue weighted by Gasteiger charge is 2.33. The zero-order valence-corrected chi connectivity index (χ0v) is 14.8. The van der Waals surface area contributed by atoms with Crippen molar-refractivity contribution in [3.63, 3.8) is 0 Å². The molecule has 0 heterocycles. The monoisotopic (exact) mass is 399 g/mol. The second kappa shape index (κ2) is 8.68. The number of likely N-dealkylation sites (N-methyl/N-ethyl adjacent to an activating group) is 1. The van der Waals surface area contributed by atoms with Crippen molar-refractivity contribution in [1.82, 2.24) is 5.32 Å². The van der Waals surface area contributed by atoms with Crippen molar-refractivity contribution in [2.24, 2.45) is 0 Å². The van der Waals surface area contributed by atoms with E-state index in [0.29, 0.717) is 11.6 Å². The number of nitrogens with one attached hydrogen (secondary N) is 1. The van der Waals surface area contributed by atoms with E-state index < -0.39 is 34.1 Å². The quantitative estimate of drug-likeness (QED) is 0.435. The maximum Gasteiger partial charge on any atom is 0.416 e. The first-order valence-corrected chi connectivity index (χ1v) is 8.23. The third-order valence-electron chi connectivity index (χ3n) is 3.96. The summed E-state index contributed by atoms with van der Waals surface area (Å²) in [4.78, 5) is 23.8. The largest absolute Gasteiger partial charge is 0.416 e. The molecule has 6 nitrogen and oxygen atoms in total. The summed E-state index contributed by atoms with van der Waals surface area (Å²) in [6.45, 7) is 1.61. The van der Waals surface area contributed by atoms with Crippen LogP contribution in [0.4, 0.5) is 28.9 Å². The lowest BCUT2D eigenvalue weighted by Crippen LogP contribution is -2.37. The van der Waals surface area contributed by atoms with Crippen molar-refractivity contribution in [3.05, 3.63) is 69.5 Å². The molecule has 2 aromatic rings. The predicted molar refractivity (Wildman–Crippen MR) is 94.2 cm³/mol. The summed E-state index contributed by atoms with van der Waals surface area (Å²) in [6, 6.07) is 7.64. The summed E-state index contributed by atoms with van der Waals surface area (Å²) in [5.41, 5.74) is -1.31. The molecule has 0 spiro atoms. The van der Waals surface area contributed by atoms with Gasteiger partial charge < -0.3 is 10.2 Å². The van der Waals surface area contributed by atoms with Crippen LogP contribution in [0.3, 0.4) is 0 Å². The van der Waals surface area contributed by atoms with Crippen molar-refractivity contribution in [1.29, 1.82) is 0 Å². The summed E-state index contributed by atoms with van der Waals surface area (Å²) in [6.07, 6.45) is -4.72. The smallest absolute Gasteiger partial charge is 0.357 e. The molecule has 0 bridgehead atoms. The van der Waals surface area contributed by atoms with E-state index in [9.17, 15) is 32.5 Å². The number of nitro benzene ring substituents is 1. The molecule has 0 atom stereocenters. The van der Waals surface area contributed by atoms with Crippen LogP contribution in [0.15, 0.2) is 42.5 Å². The van der Waals surface area contributed by atoms with Crippen LogP contribution in [0.2, 0.25) is 0 Å². The molecule has 10 heteroatoms. The molecule has 150 valence electrons. The second-order valence-electron chi connectivity index (χ2n) is 5.88. The first-order valence-electron chi connectivity index (χ1n) is 8.23. The van der Waals surface area contributed by atoms with Gasteiger partial charge in [-0.1, -0.05) is 12.1 Å². The molecule has 0 fully saturated rings. The molecule has 0 saturated heterocycles. The van der Waals surface area contributed by atoms with Crippen molar-refractivity contribution in [2.45, 2.75) is 19.6 Å². The van der Waals surface area contributed by atoms with E-state index in [1.807, 2.05) is 0 Å². The van der Waals surface area contributed by atoms with Crippen molar-refractivity contribution >= 4 is 17.3 Å². The van der Waals surface area contributed by atoms with E-state index in [4.69, 9.17) is 0 Å². The number of halogens is 4. The molecule has 0 aromatic heterocycles. The third-order valence-corrected chi connectivity index (χ3v) is 3.96. The zero-order valence-electron chi connectivity index (χ0n) is 14.8. The lowest BCUT2D eigenvalue weighted by molar-refractivity contribution is -0.384. The highest BCUT2D eigenvalue weighted by Crippen LogP contribution is 2.36. The van der Waals surface area contributed by atoms with Gasteiger partial charge in [-0.05, 0) is 36.8 Å². The highest BCUT2D eigenvalue weighted by atomic mass is 19.4. The minimum atomic E-state index is -4.72. The maximum absolute atomic E-state index is 12.9. The fraction of sp³-hybridized carbons (Fsp3) is 0.278. The fourth-order valence-corrected chi connectivity index (χ4v) is 2.51.